The lowest BCUT2D eigenvalue weighted by Gasteiger charge is -2.39. The first kappa shape index (κ1) is 20.6. The summed E-state index contributed by atoms with van der Waals surface area (Å²) in [6, 6.07) is 15.8. The van der Waals surface area contributed by atoms with E-state index in [1.54, 1.807) is 17.8 Å². The Bertz CT molecular complexity index is 918. The lowest BCUT2D eigenvalue weighted by Crippen LogP contribution is -2.48. The number of halogens is 2. The van der Waals surface area contributed by atoms with E-state index >= 15 is 0 Å². The van der Waals surface area contributed by atoms with Gasteiger partial charge in [-0.25, -0.2) is 0 Å². The molecule has 0 spiro atoms. The lowest BCUT2D eigenvalue weighted by atomic mass is 9.85. The molecule has 4 rings (SSSR count). The second kappa shape index (κ2) is 9.03. The van der Waals surface area contributed by atoms with E-state index < -0.39 is 0 Å². The molecule has 0 radical (unpaired) electrons. The number of thioether (sulfide) groups is 1. The first-order chi connectivity index (χ1) is 14.0. The number of hydrogen-bond donors (Lipinski definition) is 1. The molecule has 1 unspecified atom stereocenters. The maximum absolute atomic E-state index is 13.5. The normalized spacial score (nSPS) is 26.2. The van der Waals surface area contributed by atoms with Crippen molar-refractivity contribution in [3.05, 3.63) is 69.0 Å². The van der Waals surface area contributed by atoms with Crippen molar-refractivity contribution in [2.24, 2.45) is 5.92 Å². The number of anilines is 1. The highest BCUT2D eigenvalue weighted by molar-refractivity contribution is 8.05. The van der Waals surface area contributed by atoms with E-state index in [0.717, 1.165) is 24.1 Å². The van der Waals surface area contributed by atoms with Crippen LogP contribution in [0.25, 0.3) is 6.08 Å². The highest BCUT2D eigenvalue weighted by Crippen LogP contribution is 2.42. The van der Waals surface area contributed by atoms with Crippen molar-refractivity contribution in [1.29, 1.82) is 0 Å². The molecule has 6 heteroatoms. The van der Waals surface area contributed by atoms with Gasteiger partial charge >= 0.3 is 0 Å². The molecule has 0 aromatic heterocycles. The Labute approximate surface area is 186 Å². The molecular weight excluding hydrogens is 423 g/mol. The average Bonchev–Trinajstić information content (AvgIpc) is 3.01. The molecule has 3 atom stereocenters. The molecule has 29 heavy (non-hydrogen) atoms. The van der Waals surface area contributed by atoms with Crippen LogP contribution in [-0.4, -0.2) is 22.3 Å². The van der Waals surface area contributed by atoms with Crippen molar-refractivity contribution < 1.29 is 4.79 Å². The van der Waals surface area contributed by atoms with Crippen LogP contribution in [0.4, 0.5) is 5.69 Å². The largest absolute Gasteiger partial charge is 0.356 e. The summed E-state index contributed by atoms with van der Waals surface area (Å²) in [5.41, 5.74) is 1.64. The van der Waals surface area contributed by atoms with E-state index in [0.29, 0.717) is 20.9 Å². The van der Waals surface area contributed by atoms with Gasteiger partial charge in [0.1, 0.15) is 0 Å². The second-order valence-electron chi connectivity index (χ2n) is 7.67. The van der Waals surface area contributed by atoms with Gasteiger partial charge in [0.25, 0.3) is 5.91 Å². The summed E-state index contributed by atoms with van der Waals surface area (Å²) < 4.78 is 0. The molecule has 0 bridgehead atoms. The van der Waals surface area contributed by atoms with E-state index in [-0.39, 0.29) is 17.4 Å². The van der Waals surface area contributed by atoms with Gasteiger partial charge in [0.15, 0.2) is 5.50 Å². The van der Waals surface area contributed by atoms with E-state index in [1.807, 2.05) is 53.4 Å². The molecule has 1 aliphatic carbocycles. The molecule has 2 fully saturated rings. The minimum atomic E-state index is -0.139. The van der Waals surface area contributed by atoms with E-state index in [2.05, 4.69) is 12.2 Å². The third-order valence-corrected chi connectivity index (χ3v) is 7.64. The number of amides is 1. The summed E-state index contributed by atoms with van der Waals surface area (Å²) in [5.74, 6) is 0.556. The van der Waals surface area contributed by atoms with E-state index in [1.165, 1.54) is 12.8 Å². The zero-order valence-electron chi connectivity index (χ0n) is 16.3. The Morgan fingerprint density at radius 1 is 1.07 bits per heavy atom. The van der Waals surface area contributed by atoms with Gasteiger partial charge in [-0.2, -0.15) is 0 Å². The van der Waals surface area contributed by atoms with Crippen molar-refractivity contribution in [1.82, 2.24) is 4.90 Å². The van der Waals surface area contributed by atoms with Crippen LogP contribution in [-0.2, 0) is 4.79 Å². The summed E-state index contributed by atoms with van der Waals surface area (Å²) in [6.07, 6.45) is 6.49. The average molecular weight is 447 g/mol. The molecule has 1 saturated heterocycles. The number of benzene rings is 2. The Hall–Kier alpha value is -1.62. The zero-order chi connectivity index (χ0) is 20.4. The van der Waals surface area contributed by atoms with Crippen LogP contribution >= 0.6 is 35.0 Å². The van der Waals surface area contributed by atoms with Crippen molar-refractivity contribution in [2.45, 2.75) is 44.1 Å². The Balaban J connectivity index is 1.67. The number of rotatable bonds is 4. The number of hydrogen-bond acceptors (Lipinski definition) is 3. The van der Waals surface area contributed by atoms with Gasteiger partial charge in [-0.15, -0.1) is 0 Å². The van der Waals surface area contributed by atoms with Gasteiger partial charge in [0.05, 0.1) is 15.0 Å². The van der Waals surface area contributed by atoms with Crippen molar-refractivity contribution in [3.63, 3.8) is 0 Å². The standard InChI is InChI=1S/C23H24Cl2N2OS/c1-15-8-5-6-13-19(15)27-22(28)20(14-16-9-7-12-18(24)21(16)25)29-23(27)26-17-10-3-2-4-11-17/h2-4,7,9-12,14-15,19,23,26H,5-6,8,13H2,1H3/b20-14-/t15-,19-,23?/m0/s1. The molecule has 152 valence electrons. The summed E-state index contributed by atoms with van der Waals surface area (Å²) in [5, 5.41) is 4.52. The molecule has 3 nitrogen and oxygen atoms in total. The lowest BCUT2D eigenvalue weighted by molar-refractivity contribution is -0.129. The van der Waals surface area contributed by atoms with Gasteiger partial charge in [0.2, 0.25) is 0 Å². The molecule has 1 aliphatic heterocycles. The highest BCUT2D eigenvalue weighted by atomic mass is 35.5. The third kappa shape index (κ3) is 4.45. The highest BCUT2D eigenvalue weighted by Gasteiger charge is 2.42. The van der Waals surface area contributed by atoms with Crippen LogP contribution < -0.4 is 5.32 Å². The zero-order valence-corrected chi connectivity index (χ0v) is 18.6. The van der Waals surface area contributed by atoms with Gasteiger partial charge in [-0.05, 0) is 48.6 Å². The number of nitrogens with zero attached hydrogens (tertiary/aromatic N) is 1. The van der Waals surface area contributed by atoms with Gasteiger partial charge in [0, 0.05) is 11.7 Å². The molecule has 1 N–H and O–H groups in total. The topological polar surface area (TPSA) is 32.3 Å². The summed E-state index contributed by atoms with van der Waals surface area (Å²) in [4.78, 5) is 16.2. The fraction of sp³-hybridized carbons (Fsp3) is 0.348. The van der Waals surface area contributed by atoms with Gasteiger partial charge in [-0.3, -0.25) is 4.79 Å². The van der Waals surface area contributed by atoms with Crippen molar-refractivity contribution in [2.75, 3.05) is 5.32 Å². The van der Waals surface area contributed by atoms with Crippen LogP contribution in [0.15, 0.2) is 53.4 Å². The third-order valence-electron chi connectivity index (χ3n) is 5.69. The molecule has 1 heterocycles. The Morgan fingerprint density at radius 3 is 2.59 bits per heavy atom. The first-order valence-electron chi connectivity index (χ1n) is 10.0. The first-order valence-corrected chi connectivity index (χ1v) is 11.6. The van der Waals surface area contributed by atoms with E-state index in [9.17, 15) is 4.79 Å². The van der Waals surface area contributed by atoms with Crippen LogP contribution in [0.1, 0.15) is 38.2 Å². The molecule has 2 aliphatic rings. The maximum atomic E-state index is 13.5. The monoisotopic (exact) mass is 446 g/mol. The Kier molecular flexibility index (Phi) is 6.43. The van der Waals surface area contributed by atoms with Crippen LogP contribution in [0.5, 0.6) is 0 Å². The van der Waals surface area contributed by atoms with Crippen LogP contribution in [0.3, 0.4) is 0 Å². The quantitative estimate of drug-likeness (QED) is 0.519. The number of carbonyl (C=O) groups excluding carboxylic acids is 1. The Morgan fingerprint density at radius 2 is 1.83 bits per heavy atom. The fourth-order valence-electron chi connectivity index (χ4n) is 4.14. The van der Waals surface area contributed by atoms with Crippen molar-refractivity contribution in [3.8, 4) is 0 Å². The SMILES string of the molecule is C[C@H]1CCCC[C@@H]1N1C(=O)/C(=C/c2cccc(Cl)c2Cl)SC1Nc1ccccc1. The maximum Gasteiger partial charge on any atom is 0.262 e. The summed E-state index contributed by atoms with van der Waals surface area (Å²) in [6.45, 7) is 2.26. The molecular formula is C23H24Cl2N2OS. The second-order valence-corrected chi connectivity index (χ2v) is 9.58. The number of para-hydroxylation sites is 1. The van der Waals surface area contributed by atoms with Gasteiger partial charge in [-0.1, -0.05) is 85.1 Å². The minimum absolute atomic E-state index is 0.0678. The summed E-state index contributed by atoms with van der Waals surface area (Å²) in [7, 11) is 0. The molecule has 2 aromatic carbocycles. The van der Waals surface area contributed by atoms with E-state index in [4.69, 9.17) is 23.2 Å². The smallest absolute Gasteiger partial charge is 0.262 e. The molecule has 1 amide bonds. The van der Waals surface area contributed by atoms with Crippen LogP contribution in [0.2, 0.25) is 10.0 Å². The molecule has 2 aromatic rings. The number of carbonyl (C=O) groups is 1. The predicted octanol–water partition coefficient (Wildman–Crippen LogP) is 6.88. The predicted molar refractivity (Wildman–Crippen MR) is 124 cm³/mol. The minimum Gasteiger partial charge on any atom is -0.356 e. The van der Waals surface area contributed by atoms with Gasteiger partial charge < -0.3 is 10.2 Å². The van der Waals surface area contributed by atoms with Crippen LogP contribution in [0, 0.1) is 5.92 Å². The summed E-state index contributed by atoms with van der Waals surface area (Å²) >= 11 is 14.1. The molecule has 1 saturated carbocycles. The number of nitrogens with one attached hydrogen (secondary N) is 1. The van der Waals surface area contributed by atoms with Crippen molar-refractivity contribution >= 4 is 52.6 Å². The fourth-order valence-corrected chi connectivity index (χ4v) is 5.71.